The maximum absolute atomic E-state index is 13.5. The van der Waals surface area contributed by atoms with Gasteiger partial charge in [0, 0.05) is 12.2 Å². The van der Waals surface area contributed by atoms with Gasteiger partial charge in [-0.25, -0.2) is 24.0 Å². The predicted octanol–water partition coefficient (Wildman–Crippen LogP) is 9.73. The molecule has 0 bridgehead atoms. The summed E-state index contributed by atoms with van der Waals surface area (Å²) in [6.07, 6.45) is 6.89. The molecular formula is C55H60O16. The van der Waals surface area contributed by atoms with Crippen LogP contribution in [0.25, 0.3) is 0 Å². The second-order valence-corrected chi connectivity index (χ2v) is 16.8. The molecule has 0 spiro atoms. The standard InChI is InChI=1S/C55H60O16/c1-6-36(4)35-67-55(62)46-34-45(69-52(59)41-19-23-43(24-20-41)64-30-10-12-32-66-50(57)8-3)26-28-48(46)71-54(61)39-15-13-38(14-16-39)53(60)70-47-27-25-44(33-37(47)5)68-51(58)40-17-21-42(22-18-40)63-29-9-11-31-65-49(56)7-2/h7-8,17-28,33-34,36,38-39H,2-3,6,9-16,29-32,35H2,1,4-5H3. The van der Waals surface area contributed by atoms with E-state index in [1.807, 2.05) is 13.8 Å². The molecule has 16 nitrogen and oxygen atoms in total. The van der Waals surface area contributed by atoms with Crippen molar-refractivity contribution in [2.45, 2.75) is 78.6 Å². The van der Waals surface area contributed by atoms with E-state index < -0.39 is 53.6 Å². The maximum Gasteiger partial charge on any atom is 0.343 e. The Morgan fingerprint density at radius 1 is 0.535 bits per heavy atom. The molecule has 4 aromatic rings. The van der Waals surface area contributed by atoms with Crippen LogP contribution in [0.1, 0.15) is 108 Å². The Morgan fingerprint density at radius 3 is 1.41 bits per heavy atom. The third-order valence-corrected chi connectivity index (χ3v) is 11.4. The highest BCUT2D eigenvalue weighted by Gasteiger charge is 2.33. The molecule has 1 unspecified atom stereocenters. The molecule has 1 aliphatic rings. The smallest absolute Gasteiger partial charge is 0.343 e. The van der Waals surface area contributed by atoms with Crippen LogP contribution in [0.15, 0.2) is 110 Å². The molecule has 5 rings (SSSR count). The summed E-state index contributed by atoms with van der Waals surface area (Å²) in [6.45, 7) is 13.8. The summed E-state index contributed by atoms with van der Waals surface area (Å²) in [5.74, 6) is -3.40. The fraction of sp³-hybridized carbons (Fsp3) is 0.364. The maximum atomic E-state index is 13.5. The number of carbonyl (C=O) groups excluding carboxylic acids is 7. The first-order valence-electron chi connectivity index (χ1n) is 23.6. The Labute approximate surface area is 413 Å². The number of rotatable bonds is 26. The lowest BCUT2D eigenvalue weighted by atomic mass is 9.82. The van der Waals surface area contributed by atoms with Crippen LogP contribution in [0.5, 0.6) is 34.5 Å². The van der Waals surface area contributed by atoms with Gasteiger partial charge >= 0.3 is 41.8 Å². The van der Waals surface area contributed by atoms with Crippen LogP contribution in [0.3, 0.4) is 0 Å². The SMILES string of the molecule is C=CC(=O)OCCCCOc1ccc(C(=O)Oc2ccc(OC(=O)C3CCC(C(=O)Oc4ccc(OC(=O)c5ccc(OCCCCOC(=O)C=C)cc5)cc4C(=O)OCC(C)CC)CC3)c(C)c2)cc1. The Bertz CT molecular complexity index is 2480. The minimum absolute atomic E-state index is 0.0251. The monoisotopic (exact) mass is 976 g/mol. The lowest BCUT2D eigenvalue weighted by Crippen LogP contribution is -2.30. The van der Waals surface area contributed by atoms with Gasteiger partial charge in [-0.3, -0.25) is 9.59 Å². The molecule has 1 aliphatic carbocycles. The van der Waals surface area contributed by atoms with E-state index in [1.54, 1.807) is 55.5 Å². The summed E-state index contributed by atoms with van der Waals surface area (Å²) < 4.78 is 49.5. The van der Waals surface area contributed by atoms with Crippen LogP contribution in [0, 0.1) is 24.7 Å². The van der Waals surface area contributed by atoms with Crippen molar-refractivity contribution in [1.82, 2.24) is 0 Å². The molecule has 0 saturated heterocycles. The average Bonchev–Trinajstić information content (AvgIpc) is 3.38. The lowest BCUT2D eigenvalue weighted by Gasteiger charge is -2.26. The van der Waals surface area contributed by atoms with Crippen molar-refractivity contribution in [2.75, 3.05) is 33.0 Å². The first kappa shape index (κ1) is 54.2. The van der Waals surface area contributed by atoms with Crippen LogP contribution in [-0.4, -0.2) is 74.8 Å². The van der Waals surface area contributed by atoms with Crippen molar-refractivity contribution in [1.29, 1.82) is 0 Å². The van der Waals surface area contributed by atoms with Crippen LogP contribution < -0.4 is 28.4 Å². The van der Waals surface area contributed by atoms with E-state index in [0.717, 1.165) is 18.6 Å². The minimum Gasteiger partial charge on any atom is -0.494 e. The number of ether oxygens (including phenoxy) is 9. The summed E-state index contributed by atoms with van der Waals surface area (Å²) in [5, 5.41) is 0. The van der Waals surface area contributed by atoms with Crippen molar-refractivity contribution in [3.63, 3.8) is 0 Å². The van der Waals surface area contributed by atoms with Gasteiger partial charge in [-0.1, -0.05) is 33.4 Å². The minimum atomic E-state index is -0.758. The summed E-state index contributed by atoms with van der Waals surface area (Å²) in [4.78, 5) is 88.5. The third-order valence-electron chi connectivity index (χ3n) is 11.4. The van der Waals surface area contributed by atoms with Crippen molar-refractivity contribution in [2.24, 2.45) is 17.8 Å². The molecule has 0 radical (unpaired) electrons. The Balaban J connectivity index is 1.09. The molecule has 0 amide bonds. The van der Waals surface area contributed by atoms with Gasteiger partial charge in [0.1, 0.15) is 40.1 Å². The van der Waals surface area contributed by atoms with E-state index in [4.69, 9.17) is 42.6 Å². The topological polar surface area (TPSA) is 203 Å². The summed E-state index contributed by atoms with van der Waals surface area (Å²) in [6, 6.07) is 21.6. The van der Waals surface area contributed by atoms with Gasteiger partial charge in [0.2, 0.25) is 0 Å². The van der Waals surface area contributed by atoms with Crippen LogP contribution >= 0.6 is 0 Å². The number of hydrogen-bond donors (Lipinski definition) is 0. The van der Waals surface area contributed by atoms with E-state index in [1.165, 1.54) is 36.4 Å². The molecule has 376 valence electrons. The zero-order valence-electron chi connectivity index (χ0n) is 40.3. The van der Waals surface area contributed by atoms with Gasteiger partial charge in [0.25, 0.3) is 0 Å². The Morgan fingerprint density at radius 2 is 0.958 bits per heavy atom. The molecule has 0 heterocycles. The van der Waals surface area contributed by atoms with Gasteiger partial charge in [-0.05, 0) is 155 Å². The quantitative estimate of drug-likeness (QED) is 0.0189. The van der Waals surface area contributed by atoms with Crippen LogP contribution in [-0.2, 0) is 33.4 Å². The number of aryl methyl sites for hydroxylation is 1. The summed E-state index contributed by atoms with van der Waals surface area (Å²) in [5.41, 5.74) is 0.997. The van der Waals surface area contributed by atoms with Crippen molar-refractivity contribution >= 4 is 41.8 Å². The van der Waals surface area contributed by atoms with Crippen molar-refractivity contribution < 1.29 is 76.2 Å². The Hall–Kier alpha value is -7.75. The van der Waals surface area contributed by atoms with E-state index in [2.05, 4.69) is 13.2 Å². The largest absolute Gasteiger partial charge is 0.494 e. The molecular weight excluding hydrogens is 917 g/mol. The molecule has 71 heavy (non-hydrogen) atoms. The van der Waals surface area contributed by atoms with Gasteiger partial charge in [-0.2, -0.15) is 0 Å². The van der Waals surface area contributed by atoms with E-state index in [-0.39, 0.29) is 54.1 Å². The predicted molar refractivity (Wildman–Crippen MR) is 259 cm³/mol. The van der Waals surface area contributed by atoms with Crippen molar-refractivity contribution in [3.8, 4) is 34.5 Å². The normalized spacial score (nSPS) is 14.4. The highest BCUT2D eigenvalue weighted by Crippen LogP contribution is 2.34. The van der Waals surface area contributed by atoms with Crippen molar-refractivity contribution in [3.05, 3.63) is 132 Å². The van der Waals surface area contributed by atoms with E-state index >= 15 is 0 Å². The number of hydrogen-bond acceptors (Lipinski definition) is 16. The fourth-order valence-corrected chi connectivity index (χ4v) is 6.94. The molecule has 1 fully saturated rings. The van der Waals surface area contributed by atoms with Gasteiger partial charge in [0.15, 0.2) is 0 Å². The highest BCUT2D eigenvalue weighted by atomic mass is 16.6. The summed E-state index contributed by atoms with van der Waals surface area (Å²) >= 11 is 0. The van der Waals surface area contributed by atoms with Gasteiger partial charge in [-0.15, -0.1) is 0 Å². The zero-order valence-corrected chi connectivity index (χ0v) is 40.3. The first-order valence-corrected chi connectivity index (χ1v) is 23.6. The molecule has 1 atom stereocenters. The number of esters is 7. The average molecular weight is 977 g/mol. The molecule has 0 N–H and O–H groups in total. The molecule has 1 saturated carbocycles. The van der Waals surface area contributed by atoms with E-state index in [9.17, 15) is 33.6 Å². The number of benzene rings is 4. The number of unbranched alkanes of at least 4 members (excludes halogenated alkanes) is 2. The fourth-order valence-electron chi connectivity index (χ4n) is 6.94. The second kappa shape index (κ2) is 28.0. The molecule has 0 aliphatic heterocycles. The second-order valence-electron chi connectivity index (χ2n) is 16.8. The summed E-state index contributed by atoms with van der Waals surface area (Å²) in [7, 11) is 0. The first-order chi connectivity index (χ1) is 34.3. The number of carbonyl (C=O) groups is 7. The van der Waals surface area contributed by atoms with E-state index in [0.29, 0.717) is 93.0 Å². The Kier molecular flexibility index (Phi) is 21.4. The third kappa shape index (κ3) is 17.6. The lowest BCUT2D eigenvalue weighted by molar-refractivity contribution is -0.145. The van der Waals surface area contributed by atoms with Crippen LogP contribution in [0.2, 0.25) is 0 Å². The van der Waals surface area contributed by atoms with Crippen LogP contribution in [0.4, 0.5) is 0 Å². The highest BCUT2D eigenvalue weighted by molar-refractivity contribution is 5.95. The molecule has 4 aromatic carbocycles. The van der Waals surface area contributed by atoms with Gasteiger partial charge in [0.05, 0.1) is 56.0 Å². The zero-order chi connectivity index (χ0) is 51.1. The molecule has 16 heteroatoms. The molecule has 0 aromatic heterocycles. The van der Waals surface area contributed by atoms with Gasteiger partial charge < -0.3 is 42.6 Å².